The van der Waals surface area contributed by atoms with Crippen molar-refractivity contribution in [3.05, 3.63) is 46.5 Å². The van der Waals surface area contributed by atoms with Crippen molar-refractivity contribution in [3.8, 4) is 0 Å². The third kappa shape index (κ3) is 4.27. The molecule has 244 valence electrons. The zero-order valence-electron chi connectivity index (χ0n) is 26.1. The second kappa shape index (κ2) is 9.29. The maximum absolute atomic E-state index is 15.3. The number of benzene rings is 1. The molecule has 0 bridgehead atoms. The highest BCUT2D eigenvalue weighted by atomic mass is 19.4. The summed E-state index contributed by atoms with van der Waals surface area (Å²) < 4.78 is 84.9. The van der Waals surface area contributed by atoms with Crippen molar-refractivity contribution in [2.45, 2.75) is 132 Å². The molecule has 1 heterocycles. The highest BCUT2D eigenvalue weighted by Crippen LogP contribution is 2.71. The van der Waals surface area contributed by atoms with Crippen LogP contribution in [0.2, 0.25) is 0 Å². The van der Waals surface area contributed by atoms with E-state index >= 15 is 8.78 Å². The quantitative estimate of drug-likeness (QED) is 0.265. The summed E-state index contributed by atoms with van der Waals surface area (Å²) >= 11 is 0. The fraction of sp³-hybridized carbons (Fsp3) is 0.771. The Balaban J connectivity index is 1.32. The van der Waals surface area contributed by atoms with Gasteiger partial charge in [0.15, 0.2) is 5.79 Å². The van der Waals surface area contributed by atoms with E-state index in [4.69, 9.17) is 9.47 Å². The summed E-state index contributed by atoms with van der Waals surface area (Å²) in [5.41, 5.74) is -2.26. The second-order valence-electron chi connectivity index (χ2n) is 16.4. The molecule has 7 rings (SSSR count). The van der Waals surface area contributed by atoms with Crippen LogP contribution in [0.25, 0.3) is 0 Å². The van der Waals surface area contributed by atoms with Gasteiger partial charge >= 0.3 is 12.1 Å². The smallest absolute Gasteiger partial charge is 0.385 e. The Kier molecular flexibility index (Phi) is 6.56. The molecular weight excluding hydrogens is 579 g/mol. The van der Waals surface area contributed by atoms with E-state index < -0.39 is 52.8 Å². The lowest BCUT2D eigenvalue weighted by Crippen LogP contribution is -2.65. The lowest BCUT2D eigenvalue weighted by atomic mass is 9.49. The molecule has 0 aromatic heterocycles. The minimum absolute atomic E-state index is 0.0474. The minimum Gasteiger partial charge on any atom is -0.385 e. The largest absolute Gasteiger partial charge is 0.456 e. The van der Waals surface area contributed by atoms with Gasteiger partial charge in [0.05, 0.1) is 18.8 Å². The maximum atomic E-state index is 15.3. The minimum atomic E-state index is -5.87. The Morgan fingerprint density at radius 2 is 1.45 bits per heavy atom. The number of rotatable bonds is 3. The van der Waals surface area contributed by atoms with Crippen molar-refractivity contribution in [1.29, 1.82) is 0 Å². The number of hydrogen-bond donors (Lipinski definition) is 2. The Bertz CT molecular complexity index is 1350. The molecule has 0 amide bonds. The first-order valence-corrected chi connectivity index (χ1v) is 16.3. The van der Waals surface area contributed by atoms with E-state index in [0.29, 0.717) is 38.9 Å². The van der Waals surface area contributed by atoms with E-state index in [0.717, 1.165) is 29.6 Å². The zero-order chi connectivity index (χ0) is 31.8. The van der Waals surface area contributed by atoms with Gasteiger partial charge in [0.2, 0.25) is 0 Å². The number of halogens is 5. The Labute approximate surface area is 256 Å². The van der Waals surface area contributed by atoms with E-state index in [1.54, 1.807) is 0 Å². The predicted molar refractivity (Wildman–Crippen MR) is 154 cm³/mol. The van der Waals surface area contributed by atoms with Crippen molar-refractivity contribution in [2.24, 2.45) is 22.7 Å². The molecule has 3 unspecified atom stereocenters. The summed E-state index contributed by atoms with van der Waals surface area (Å²) in [6.45, 7) is 8.82. The van der Waals surface area contributed by atoms with Crippen LogP contribution < -0.4 is 0 Å². The summed E-state index contributed by atoms with van der Waals surface area (Å²) in [4.78, 5) is 0. The average molecular weight is 625 g/mol. The van der Waals surface area contributed by atoms with Crippen LogP contribution in [0.1, 0.15) is 109 Å². The lowest BCUT2D eigenvalue weighted by molar-refractivity contribution is -0.362. The monoisotopic (exact) mass is 624 g/mol. The third-order valence-electron chi connectivity index (χ3n) is 12.9. The molecular formula is C35H45F5O4. The number of hydrogen-bond acceptors (Lipinski definition) is 4. The molecule has 2 N–H and O–H groups in total. The van der Waals surface area contributed by atoms with Crippen molar-refractivity contribution in [1.82, 2.24) is 0 Å². The number of allylic oxidation sites excluding steroid dienone is 1. The molecule has 44 heavy (non-hydrogen) atoms. The van der Waals surface area contributed by atoms with Crippen LogP contribution in [0.15, 0.2) is 35.4 Å². The van der Waals surface area contributed by atoms with Crippen LogP contribution in [0.5, 0.6) is 0 Å². The molecule has 1 aliphatic heterocycles. The molecule has 1 spiro atoms. The molecule has 1 aromatic rings. The lowest BCUT2D eigenvalue weighted by Gasteiger charge is -2.59. The van der Waals surface area contributed by atoms with Gasteiger partial charge in [-0.15, -0.1) is 0 Å². The molecule has 1 saturated heterocycles. The molecule has 0 radical (unpaired) electrons. The van der Waals surface area contributed by atoms with Crippen LogP contribution in [0.4, 0.5) is 22.0 Å². The van der Waals surface area contributed by atoms with Gasteiger partial charge in [-0.3, -0.25) is 0 Å². The topological polar surface area (TPSA) is 58.9 Å². The van der Waals surface area contributed by atoms with Crippen molar-refractivity contribution in [3.63, 3.8) is 0 Å². The van der Waals surface area contributed by atoms with Gasteiger partial charge < -0.3 is 19.7 Å². The highest BCUT2D eigenvalue weighted by Gasteiger charge is 2.79. The molecule has 9 heteroatoms. The first kappa shape index (κ1) is 31.1. The average Bonchev–Trinajstić information content (AvgIpc) is 3.64. The number of aliphatic hydroxyl groups is 2. The van der Waals surface area contributed by atoms with E-state index in [1.165, 1.54) is 12.5 Å². The number of alkyl halides is 5. The van der Waals surface area contributed by atoms with Crippen molar-refractivity contribution in [2.75, 3.05) is 13.2 Å². The number of fused-ring (bicyclic) bond motifs is 4. The van der Waals surface area contributed by atoms with Crippen molar-refractivity contribution < 1.29 is 41.6 Å². The van der Waals surface area contributed by atoms with Gasteiger partial charge in [-0.1, -0.05) is 57.5 Å². The first-order valence-electron chi connectivity index (χ1n) is 16.3. The van der Waals surface area contributed by atoms with Gasteiger partial charge in [-0.05, 0) is 85.3 Å². The molecule has 1 aromatic carbocycles. The SMILES string of the molecule is CC1(C)COC2(CCC3=C4C(CCC3(O)C2)C2CC[C@@](O)(C(F)(F)C(F)(F)F)[C@@]2(C)C[C@@H]4c2ccc(C3(C)CC3)cc2)OC1. The Morgan fingerprint density at radius 1 is 0.818 bits per heavy atom. The Morgan fingerprint density at radius 3 is 2.05 bits per heavy atom. The summed E-state index contributed by atoms with van der Waals surface area (Å²) in [7, 11) is 0. The molecule has 4 saturated carbocycles. The van der Waals surface area contributed by atoms with Gasteiger partial charge in [-0.25, -0.2) is 0 Å². The zero-order valence-corrected chi connectivity index (χ0v) is 26.1. The summed E-state index contributed by atoms with van der Waals surface area (Å²) in [6.07, 6.45) is -2.18. The molecule has 6 atom stereocenters. The second-order valence-corrected chi connectivity index (χ2v) is 16.4. The molecule has 5 fully saturated rings. The number of ether oxygens (including phenoxy) is 2. The van der Waals surface area contributed by atoms with Crippen LogP contribution in [-0.2, 0) is 14.9 Å². The maximum Gasteiger partial charge on any atom is 0.456 e. The first-order chi connectivity index (χ1) is 20.3. The van der Waals surface area contributed by atoms with Gasteiger partial charge in [0.1, 0.15) is 5.60 Å². The van der Waals surface area contributed by atoms with E-state index in [2.05, 4.69) is 32.9 Å². The fourth-order valence-corrected chi connectivity index (χ4v) is 9.90. The van der Waals surface area contributed by atoms with Crippen LogP contribution >= 0.6 is 0 Å². The Hall–Kier alpha value is -1.55. The highest BCUT2D eigenvalue weighted by molar-refractivity contribution is 5.45. The summed E-state index contributed by atoms with van der Waals surface area (Å²) in [6, 6.07) is 8.08. The van der Waals surface area contributed by atoms with Crippen LogP contribution in [0, 0.1) is 22.7 Å². The molecule has 6 aliphatic rings. The predicted octanol–water partition coefficient (Wildman–Crippen LogP) is 7.96. The third-order valence-corrected chi connectivity index (χ3v) is 12.9. The fourth-order valence-electron chi connectivity index (χ4n) is 9.90. The normalized spacial score (nSPS) is 40.8. The van der Waals surface area contributed by atoms with E-state index in [9.17, 15) is 23.4 Å². The van der Waals surface area contributed by atoms with Gasteiger partial charge in [-0.2, -0.15) is 22.0 Å². The van der Waals surface area contributed by atoms with Crippen LogP contribution in [0.3, 0.4) is 0 Å². The van der Waals surface area contributed by atoms with E-state index in [-0.39, 0.29) is 36.0 Å². The van der Waals surface area contributed by atoms with Gasteiger partial charge in [0, 0.05) is 29.6 Å². The molecule has 5 aliphatic carbocycles. The summed E-state index contributed by atoms with van der Waals surface area (Å²) in [5, 5.41) is 23.9. The van der Waals surface area contributed by atoms with E-state index in [1.807, 2.05) is 12.1 Å². The standard InChI is InChI=1S/C35H45F5O4/c1-28(2)19-43-32(44-20-28)13-10-26-27-23(9-12-31(26,41)18-32)25-11-14-33(42,34(36,37)35(38,39)40)30(25,4)17-24(27)21-5-7-22(8-6-21)29(3)15-16-29/h5-8,23-25,41-42H,9-20H2,1-4H3/t23?,24-,25?,30+,31?,33+/m1/s1. The molecule has 4 nitrogen and oxygen atoms in total. The van der Waals surface area contributed by atoms with Gasteiger partial charge in [0.25, 0.3) is 0 Å². The van der Waals surface area contributed by atoms with Crippen molar-refractivity contribution >= 4 is 0 Å². The summed E-state index contributed by atoms with van der Waals surface area (Å²) in [5.74, 6) is -7.52. The van der Waals surface area contributed by atoms with Crippen LogP contribution in [-0.4, -0.2) is 52.5 Å².